The third-order valence-electron chi connectivity index (χ3n) is 1.63. The summed E-state index contributed by atoms with van der Waals surface area (Å²) in [6, 6.07) is 0. The summed E-state index contributed by atoms with van der Waals surface area (Å²) in [4.78, 5) is 10.4. The Morgan fingerprint density at radius 2 is 2.14 bits per heavy atom. The SMILES string of the molecule is O=C(NCC1COCCO1)C(F)(F)F. The summed E-state index contributed by atoms with van der Waals surface area (Å²) < 4.78 is 45.1. The van der Waals surface area contributed by atoms with E-state index in [-0.39, 0.29) is 13.2 Å². The molecule has 1 heterocycles. The Labute approximate surface area is 78.4 Å². The van der Waals surface area contributed by atoms with E-state index >= 15 is 0 Å². The van der Waals surface area contributed by atoms with Crippen LogP contribution >= 0.6 is 0 Å². The molecule has 0 aliphatic carbocycles. The first-order chi connectivity index (χ1) is 6.50. The molecule has 0 radical (unpaired) electrons. The van der Waals surface area contributed by atoms with Crippen LogP contribution in [0, 0.1) is 0 Å². The van der Waals surface area contributed by atoms with Gasteiger partial charge in [-0.25, -0.2) is 0 Å². The molecule has 1 rings (SSSR count). The number of nitrogens with one attached hydrogen (secondary N) is 1. The van der Waals surface area contributed by atoms with Crippen LogP contribution in [-0.2, 0) is 14.3 Å². The fraction of sp³-hybridized carbons (Fsp3) is 0.857. The first-order valence-electron chi connectivity index (χ1n) is 4.04. The van der Waals surface area contributed by atoms with Crippen LogP contribution in [-0.4, -0.2) is 44.6 Å². The zero-order valence-corrected chi connectivity index (χ0v) is 7.26. The van der Waals surface area contributed by atoms with E-state index in [0.29, 0.717) is 13.2 Å². The molecular formula is C7H10F3NO3. The molecule has 1 N–H and O–H groups in total. The van der Waals surface area contributed by atoms with Gasteiger partial charge in [-0.1, -0.05) is 0 Å². The average Bonchev–Trinajstić information content (AvgIpc) is 2.14. The van der Waals surface area contributed by atoms with Gasteiger partial charge in [-0.3, -0.25) is 4.79 Å². The Bertz CT molecular complexity index is 201. The molecule has 1 fully saturated rings. The van der Waals surface area contributed by atoms with Gasteiger partial charge in [-0.2, -0.15) is 13.2 Å². The summed E-state index contributed by atoms with van der Waals surface area (Å²) in [5.74, 6) is -1.95. The molecule has 82 valence electrons. The Kier molecular flexibility index (Phi) is 3.70. The van der Waals surface area contributed by atoms with Gasteiger partial charge in [-0.05, 0) is 0 Å². The van der Waals surface area contributed by atoms with E-state index in [0.717, 1.165) is 0 Å². The Balaban J connectivity index is 2.22. The van der Waals surface area contributed by atoms with Gasteiger partial charge in [0.25, 0.3) is 0 Å². The topological polar surface area (TPSA) is 47.6 Å². The van der Waals surface area contributed by atoms with Gasteiger partial charge >= 0.3 is 12.1 Å². The molecule has 1 aliphatic heterocycles. The summed E-state index contributed by atoms with van der Waals surface area (Å²) in [6.07, 6.45) is -5.33. The van der Waals surface area contributed by atoms with Crippen LogP contribution in [0.5, 0.6) is 0 Å². The Morgan fingerprint density at radius 1 is 1.43 bits per heavy atom. The van der Waals surface area contributed by atoms with Crippen molar-refractivity contribution in [1.29, 1.82) is 0 Å². The molecule has 1 unspecified atom stereocenters. The van der Waals surface area contributed by atoms with Gasteiger partial charge in [0.2, 0.25) is 0 Å². The van der Waals surface area contributed by atoms with Crippen molar-refractivity contribution in [2.24, 2.45) is 0 Å². The van der Waals surface area contributed by atoms with Crippen molar-refractivity contribution in [3.05, 3.63) is 0 Å². The molecule has 1 saturated heterocycles. The van der Waals surface area contributed by atoms with Crippen molar-refractivity contribution in [2.45, 2.75) is 12.3 Å². The number of carbonyl (C=O) groups is 1. The lowest BCUT2D eigenvalue weighted by atomic mass is 10.3. The number of amides is 1. The largest absolute Gasteiger partial charge is 0.471 e. The van der Waals surface area contributed by atoms with Gasteiger partial charge < -0.3 is 14.8 Å². The number of alkyl halides is 3. The summed E-state index contributed by atoms with van der Waals surface area (Å²) in [7, 11) is 0. The Hall–Kier alpha value is -0.820. The highest BCUT2D eigenvalue weighted by atomic mass is 19.4. The summed E-state index contributed by atoms with van der Waals surface area (Å²) in [5.41, 5.74) is 0. The van der Waals surface area contributed by atoms with E-state index in [2.05, 4.69) is 0 Å². The minimum absolute atomic E-state index is 0.182. The van der Waals surface area contributed by atoms with Crippen LogP contribution in [0.25, 0.3) is 0 Å². The first-order valence-corrected chi connectivity index (χ1v) is 4.04. The van der Waals surface area contributed by atoms with Gasteiger partial charge in [0.1, 0.15) is 0 Å². The van der Waals surface area contributed by atoms with Crippen LogP contribution < -0.4 is 5.32 Å². The molecule has 7 heteroatoms. The predicted molar refractivity (Wildman–Crippen MR) is 39.6 cm³/mol. The normalized spacial score (nSPS) is 23.2. The molecule has 0 bridgehead atoms. The van der Waals surface area contributed by atoms with Gasteiger partial charge in [0.15, 0.2) is 0 Å². The molecule has 1 aliphatic rings. The second kappa shape index (κ2) is 4.61. The van der Waals surface area contributed by atoms with Crippen LogP contribution in [0.4, 0.5) is 13.2 Å². The highest BCUT2D eigenvalue weighted by Crippen LogP contribution is 2.14. The second-order valence-electron chi connectivity index (χ2n) is 2.78. The first kappa shape index (κ1) is 11.3. The van der Waals surface area contributed by atoms with Crippen molar-refractivity contribution in [3.63, 3.8) is 0 Å². The van der Waals surface area contributed by atoms with Crippen LogP contribution in [0.2, 0.25) is 0 Å². The van der Waals surface area contributed by atoms with Crippen LogP contribution in [0.1, 0.15) is 0 Å². The minimum atomic E-state index is -4.84. The number of ether oxygens (including phenoxy) is 2. The lowest BCUT2D eigenvalue weighted by Gasteiger charge is -2.23. The maximum absolute atomic E-state index is 11.7. The fourth-order valence-electron chi connectivity index (χ4n) is 0.961. The molecule has 4 nitrogen and oxygen atoms in total. The molecule has 0 aromatic heterocycles. The van der Waals surface area contributed by atoms with Crippen molar-refractivity contribution >= 4 is 5.91 Å². The molecule has 14 heavy (non-hydrogen) atoms. The second-order valence-corrected chi connectivity index (χ2v) is 2.78. The standard InChI is InChI=1S/C7H10F3NO3/c8-7(9,10)6(12)11-3-5-4-13-1-2-14-5/h5H,1-4H2,(H,11,12). The molecule has 0 spiro atoms. The van der Waals surface area contributed by atoms with E-state index in [9.17, 15) is 18.0 Å². The quantitative estimate of drug-likeness (QED) is 0.706. The molecule has 0 saturated carbocycles. The lowest BCUT2D eigenvalue weighted by molar-refractivity contribution is -0.174. The number of carbonyl (C=O) groups excluding carboxylic acids is 1. The number of hydrogen-bond donors (Lipinski definition) is 1. The van der Waals surface area contributed by atoms with Gasteiger partial charge in [0, 0.05) is 6.54 Å². The zero-order valence-electron chi connectivity index (χ0n) is 7.26. The average molecular weight is 213 g/mol. The monoisotopic (exact) mass is 213 g/mol. The van der Waals surface area contributed by atoms with Gasteiger partial charge in [-0.15, -0.1) is 0 Å². The van der Waals surface area contributed by atoms with E-state index in [1.165, 1.54) is 0 Å². The highest BCUT2D eigenvalue weighted by Gasteiger charge is 2.38. The zero-order chi connectivity index (χ0) is 10.6. The highest BCUT2D eigenvalue weighted by molar-refractivity contribution is 5.81. The van der Waals surface area contributed by atoms with Crippen molar-refractivity contribution in [2.75, 3.05) is 26.4 Å². The lowest BCUT2D eigenvalue weighted by Crippen LogP contribution is -2.44. The third kappa shape index (κ3) is 3.51. The summed E-state index contributed by atoms with van der Waals surface area (Å²) in [6.45, 7) is 0.798. The molecule has 0 aromatic rings. The molecule has 1 atom stereocenters. The fourth-order valence-corrected chi connectivity index (χ4v) is 0.961. The third-order valence-corrected chi connectivity index (χ3v) is 1.63. The van der Waals surface area contributed by atoms with Crippen LogP contribution in [0.3, 0.4) is 0 Å². The molecule has 0 aromatic carbocycles. The maximum atomic E-state index is 11.7. The van der Waals surface area contributed by atoms with E-state index in [1.807, 2.05) is 0 Å². The predicted octanol–water partition coefficient (Wildman–Crippen LogP) is 0.0803. The smallest absolute Gasteiger partial charge is 0.376 e. The molecular weight excluding hydrogens is 203 g/mol. The number of halogens is 3. The Morgan fingerprint density at radius 3 is 2.64 bits per heavy atom. The van der Waals surface area contributed by atoms with E-state index < -0.39 is 18.2 Å². The number of hydrogen-bond acceptors (Lipinski definition) is 3. The van der Waals surface area contributed by atoms with E-state index in [4.69, 9.17) is 9.47 Å². The number of rotatable bonds is 2. The van der Waals surface area contributed by atoms with Crippen molar-refractivity contribution in [1.82, 2.24) is 5.32 Å². The van der Waals surface area contributed by atoms with E-state index in [1.54, 1.807) is 5.32 Å². The van der Waals surface area contributed by atoms with Crippen molar-refractivity contribution < 1.29 is 27.4 Å². The maximum Gasteiger partial charge on any atom is 0.471 e. The summed E-state index contributed by atoms with van der Waals surface area (Å²) >= 11 is 0. The van der Waals surface area contributed by atoms with Crippen molar-refractivity contribution in [3.8, 4) is 0 Å². The summed E-state index contributed by atoms with van der Waals surface area (Å²) in [5, 5.41) is 1.72. The molecule has 1 amide bonds. The van der Waals surface area contributed by atoms with Gasteiger partial charge in [0.05, 0.1) is 25.9 Å². The minimum Gasteiger partial charge on any atom is -0.376 e. The van der Waals surface area contributed by atoms with Crippen LogP contribution in [0.15, 0.2) is 0 Å².